The van der Waals surface area contributed by atoms with E-state index >= 15 is 0 Å². The van der Waals surface area contributed by atoms with Crippen molar-refractivity contribution < 1.29 is 9.53 Å². The molecular weight excluding hydrogens is 380 g/mol. The van der Waals surface area contributed by atoms with Gasteiger partial charge in [0.2, 0.25) is 0 Å². The fourth-order valence-electron chi connectivity index (χ4n) is 3.90. The number of H-pyrrole nitrogens is 1. The summed E-state index contributed by atoms with van der Waals surface area (Å²) in [5.74, 6) is -0.0332. The van der Waals surface area contributed by atoms with E-state index in [2.05, 4.69) is 17.0 Å². The Balaban J connectivity index is 1.62. The number of ether oxygens (including phenoxy) is 1. The highest BCUT2D eigenvalue weighted by Gasteiger charge is 2.20. The summed E-state index contributed by atoms with van der Waals surface area (Å²) < 4.78 is 6.87. The molecule has 0 aliphatic carbocycles. The molecule has 0 spiro atoms. The number of hydrogen-bond acceptors (Lipinski definition) is 4. The predicted molar refractivity (Wildman–Crippen MR) is 115 cm³/mol. The second kappa shape index (κ2) is 7.42. The van der Waals surface area contributed by atoms with E-state index in [9.17, 15) is 9.59 Å². The van der Waals surface area contributed by atoms with Crippen LogP contribution in [0.4, 0.5) is 0 Å². The first kappa shape index (κ1) is 18.6. The van der Waals surface area contributed by atoms with Gasteiger partial charge in [-0.2, -0.15) is 0 Å². The number of aromatic amines is 1. The zero-order valence-corrected chi connectivity index (χ0v) is 16.7. The first-order valence-corrected chi connectivity index (χ1v) is 10.2. The highest BCUT2D eigenvalue weighted by Crippen LogP contribution is 2.23. The van der Waals surface area contributed by atoms with Crippen molar-refractivity contribution in [1.82, 2.24) is 19.7 Å². The number of nitrogens with zero attached hydrogens (tertiary/aromatic N) is 3. The van der Waals surface area contributed by atoms with Crippen molar-refractivity contribution in [3.8, 4) is 5.69 Å². The minimum Gasteiger partial charge on any atom is -0.378 e. The van der Waals surface area contributed by atoms with E-state index in [1.165, 1.54) is 10.2 Å². The Morgan fingerprint density at radius 2 is 1.87 bits per heavy atom. The van der Waals surface area contributed by atoms with Crippen LogP contribution < -0.4 is 5.56 Å². The molecule has 7 nitrogen and oxygen atoms in total. The van der Waals surface area contributed by atoms with E-state index in [0.29, 0.717) is 42.8 Å². The SMILES string of the molecule is CCc1ccc(-n2[nH]c3c(cnc4ccc(C(=O)N5CCOCC5)cc43)c2=O)cc1. The molecule has 0 radical (unpaired) electrons. The maximum absolute atomic E-state index is 13.0. The molecule has 2 aromatic carbocycles. The van der Waals surface area contributed by atoms with Crippen molar-refractivity contribution in [2.75, 3.05) is 26.3 Å². The molecule has 7 heteroatoms. The van der Waals surface area contributed by atoms with E-state index < -0.39 is 0 Å². The molecule has 2 aromatic heterocycles. The third-order valence-corrected chi connectivity index (χ3v) is 5.67. The summed E-state index contributed by atoms with van der Waals surface area (Å²) >= 11 is 0. The zero-order valence-electron chi connectivity index (χ0n) is 16.7. The van der Waals surface area contributed by atoms with Crippen molar-refractivity contribution in [3.63, 3.8) is 0 Å². The van der Waals surface area contributed by atoms with Crippen molar-refractivity contribution in [3.05, 3.63) is 70.1 Å². The monoisotopic (exact) mass is 402 g/mol. The third-order valence-electron chi connectivity index (χ3n) is 5.67. The summed E-state index contributed by atoms with van der Waals surface area (Å²) in [5.41, 5.74) is 3.81. The highest BCUT2D eigenvalue weighted by molar-refractivity contribution is 6.06. The van der Waals surface area contributed by atoms with Crippen molar-refractivity contribution in [1.29, 1.82) is 0 Å². The van der Waals surface area contributed by atoms with Crippen LogP contribution in [0.2, 0.25) is 0 Å². The number of aryl methyl sites for hydroxylation is 1. The Kier molecular flexibility index (Phi) is 4.59. The number of morpholine rings is 1. The van der Waals surface area contributed by atoms with Crippen LogP contribution in [0.25, 0.3) is 27.5 Å². The third kappa shape index (κ3) is 3.07. The molecule has 0 unspecified atom stereocenters. The molecule has 152 valence electrons. The summed E-state index contributed by atoms with van der Waals surface area (Å²) in [5, 5.41) is 4.48. The van der Waals surface area contributed by atoms with Gasteiger partial charge >= 0.3 is 0 Å². The molecule has 1 amide bonds. The molecule has 3 heterocycles. The van der Waals surface area contributed by atoms with E-state index in [0.717, 1.165) is 23.0 Å². The van der Waals surface area contributed by atoms with Crippen LogP contribution in [0.3, 0.4) is 0 Å². The van der Waals surface area contributed by atoms with E-state index in [1.807, 2.05) is 36.4 Å². The lowest BCUT2D eigenvalue weighted by Crippen LogP contribution is -2.40. The first-order valence-electron chi connectivity index (χ1n) is 10.2. The smallest absolute Gasteiger partial charge is 0.280 e. The average molecular weight is 402 g/mol. The molecule has 1 aliphatic heterocycles. The van der Waals surface area contributed by atoms with E-state index in [1.54, 1.807) is 17.2 Å². The number of hydrogen-bond donors (Lipinski definition) is 1. The van der Waals surface area contributed by atoms with Gasteiger partial charge in [0.1, 0.15) is 0 Å². The fraction of sp³-hybridized carbons (Fsp3) is 0.261. The number of carbonyl (C=O) groups excluding carboxylic acids is 1. The number of amides is 1. The highest BCUT2D eigenvalue weighted by atomic mass is 16.5. The fourth-order valence-corrected chi connectivity index (χ4v) is 3.90. The van der Waals surface area contributed by atoms with Gasteiger partial charge in [0.05, 0.1) is 35.3 Å². The molecule has 0 bridgehead atoms. The Hall–Kier alpha value is -3.45. The quantitative estimate of drug-likeness (QED) is 0.571. The number of rotatable bonds is 3. The molecule has 1 saturated heterocycles. The van der Waals surface area contributed by atoms with Crippen LogP contribution in [0.15, 0.2) is 53.5 Å². The van der Waals surface area contributed by atoms with Crippen molar-refractivity contribution in [2.24, 2.45) is 0 Å². The summed E-state index contributed by atoms with van der Waals surface area (Å²) in [7, 11) is 0. The van der Waals surface area contributed by atoms with Crippen LogP contribution in [-0.2, 0) is 11.2 Å². The van der Waals surface area contributed by atoms with E-state index in [4.69, 9.17) is 4.74 Å². The van der Waals surface area contributed by atoms with Gasteiger partial charge in [-0.25, -0.2) is 4.68 Å². The second-order valence-corrected chi connectivity index (χ2v) is 7.46. The van der Waals surface area contributed by atoms with Crippen LogP contribution in [0.1, 0.15) is 22.8 Å². The van der Waals surface area contributed by atoms with Gasteiger partial charge in [-0.15, -0.1) is 0 Å². The van der Waals surface area contributed by atoms with Gasteiger partial charge in [-0.1, -0.05) is 19.1 Å². The van der Waals surface area contributed by atoms with Crippen LogP contribution in [0.5, 0.6) is 0 Å². The van der Waals surface area contributed by atoms with Crippen LogP contribution in [0, 0.1) is 0 Å². The maximum atomic E-state index is 13.0. The number of fused-ring (bicyclic) bond motifs is 3. The summed E-state index contributed by atoms with van der Waals surface area (Å²) in [4.78, 5) is 32.1. The molecule has 1 fully saturated rings. The molecule has 4 aromatic rings. The molecule has 30 heavy (non-hydrogen) atoms. The predicted octanol–water partition coefficient (Wildman–Crippen LogP) is 2.90. The Bertz CT molecular complexity index is 1300. The van der Waals surface area contributed by atoms with Crippen molar-refractivity contribution in [2.45, 2.75) is 13.3 Å². The lowest BCUT2D eigenvalue weighted by Gasteiger charge is -2.26. The Morgan fingerprint density at radius 1 is 1.10 bits per heavy atom. The minimum atomic E-state index is -0.159. The van der Waals surface area contributed by atoms with Crippen LogP contribution >= 0.6 is 0 Å². The van der Waals surface area contributed by atoms with E-state index in [-0.39, 0.29) is 11.5 Å². The Morgan fingerprint density at radius 3 is 2.60 bits per heavy atom. The topological polar surface area (TPSA) is 80.2 Å². The van der Waals surface area contributed by atoms with Gasteiger partial charge in [-0.05, 0) is 42.3 Å². The van der Waals surface area contributed by atoms with Gasteiger partial charge in [0, 0.05) is 30.2 Å². The standard InChI is InChI=1S/C23H22N4O3/c1-2-15-3-6-17(7-4-15)27-23(29)19-14-24-20-8-5-16(13-18(20)21(19)25-27)22(28)26-9-11-30-12-10-26/h3-8,13-14,25H,2,9-12H2,1H3. The van der Waals surface area contributed by atoms with Gasteiger partial charge in [-0.3, -0.25) is 19.7 Å². The summed E-state index contributed by atoms with van der Waals surface area (Å²) in [6.45, 7) is 4.37. The van der Waals surface area contributed by atoms with Crippen molar-refractivity contribution >= 4 is 27.7 Å². The number of pyridine rings is 1. The number of nitrogens with one attached hydrogen (secondary N) is 1. The maximum Gasteiger partial charge on any atom is 0.280 e. The normalized spacial score (nSPS) is 14.5. The van der Waals surface area contributed by atoms with Gasteiger partial charge < -0.3 is 9.64 Å². The summed E-state index contributed by atoms with van der Waals surface area (Å²) in [6.07, 6.45) is 2.53. The minimum absolute atomic E-state index is 0.0332. The lowest BCUT2D eigenvalue weighted by molar-refractivity contribution is 0.0303. The molecule has 1 aliphatic rings. The molecule has 5 rings (SSSR count). The summed E-state index contributed by atoms with van der Waals surface area (Å²) in [6, 6.07) is 13.3. The molecule has 0 atom stereocenters. The zero-order chi connectivity index (χ0) is 20.7. The number of benzene rings is 2. The Labute approximate surface area is 172 Å². The molecule has 1 N–H and O–H groups in total. The lowest BCUT2D eigenvalue weighted by atomic mass is 10.1. The van der Waals surface area contributed by atoms with Gasteiger partial charge in [0.25, 0.3) is 11.5 Å². The number of aromatic nitrogens is 3. The second-order valence-electron chi connectivity index (χ2n) is 7.46. The average Bonchev–Trinajstić information content (AvgIpc) is 3.15. The number of carbonyl (C=O) groups is 1. The molecule has 0 saturated carbocycles. The molecular formula is C23H22N4O3. The first-order chi connectivity index (χ1) is 14.7. The van der Waals surface area contributed by atoms with Gasteiger partial charge in [0.15, 0.2) is 0 Å². The largest absolute Gasteiger partial charge is 0.378 e. The van der Waals surface area contributed by atoms with Crippen LogP contribution in [-0.4, -0.2) is 51.9 Å².